The second kappa shape index (κ2) is 6.46. The average molecular weight is 385 g/mol. The van der Waals surface area contributed by atoms with Crippen molar-refractivity contribution in [1.82, 2.24) is 9.78 Å². The van der Waals surface area contributed by atoms with Gasteiger partial charge in [0.25, 0.3) is 0 Å². The maximum absolute atomic E-state index is 14.0. The van der Waals surface area contributed by atoms with Gasteiger partial charge in [0.05, 0.1) is 17.8 Å². The van der Waals surface area contributed by atoms with Gasteiger partial charge in [-0.1, -0.05) is 36.7 Å². The molecule has 0 fully saturated rings. The van der Waals surface area contributed by atoms with E-state index in [4.69, 9.17) is 16.7 Å². The fraction of sp³-hybridized carbons (Fsp3) is 0.333. The van der Waals surface area contributed by atoms with Crippen molar-refractivity contribution in [1.29, 1.82) is 0 Å². The standard InChI is InChI=1S/C18H16ClF3N2O2/c1-9-5-14(19)11(6-15(9)20)8-24-16-7-12(18(21,22)17(25)26)3-4-13(16)10(2)23-24/h3-7,9,15H,8H2,1-2H3,(H,25,26). The molecule has 1 aromatic heterocycles. The Kier molecular flexibility index (Phi) is 4.60. The maximum Gasteiger partial charge on any atom is 0.379 e. The van der Waals surface area contributed by atoms with Gasteiger partial charge in [0.1, 0.15) is 6.17 Å². The minimum absolute atomic E-state index is 0.0922. The summed E-state index contributed by atoms with van der Waals surface area (Å²) in [4.78, 5) is 10.8. The van der Waals surface area contributed by atoms with E-state index in [1.807, 2.05) is 0 Å². The van der Waals surface area contributed by atoms with Crippen LogP contribution in [-0.4, -0.2) is 27.0 Å². The van der Waals surface area contributed by atoms with Crippen molar-refractivity contribution in [2.24, 2.45) is 5.92 Å². The van der Waals surface area contributed by atoms with Gasteiger partial charge < -0.3 is 5.11 Å². The first kappa shape index (κ1) is 18.5. The van der Waals surface area contributed by atoms with Gasteiger partial charge >= 0.3 is 11.9 Å². The Morgan fingerprint density at radius 1 is 1.38 bits per heavy atom. The Balaban J connectivity index is 2.06. The fourth-order valence-electron chi connectivity index (χ4n) is 2.92. The third-order valence-electron chi connectivity index (χ3n) is 4.47. The van der Waals surface area contributed by atoms with Crippen LogP contribution in [0.2, 0.25) is 0 Å². The van der Waals surface area contributed by atoms with Crippen molar-refractivity contribution in [3.05, 3.63) is 52.2 Å². The Morgan fingerprint density at radius 3 is 2.73 bits per heavy atom. The lowest BCUT2D eigenvalue weighted by molar-refractivity contribution is -0.166. The van der Waals surface area contributed by atoms with Crippen LogP contribution in [0.25, 0.3) is 10.9 Å². The number of aryl methyl sites for hydroxylation is 1. The van der Waals surface area contributed by atoms with E-state index < -0.39 is 23.6 Å². The summed E-state index contributed by atoms with van der Waals surface area (Å²) in [5.74, 6) is -6.59. The number of fused-ring (bicyclic) bond motifs is 1. The molecule has 1 aliphatic carbocycles. The number of halogens is 4. The van der Waals surface area contributed by atoms with Crippen molar-refractivity contribution in [2.45, 2.75) is 32.5 Å². The summed E-state index contributed by atoms with van der Waals surface area (Å²) in [6.45, 7) is 3.50. The van der Waals surface area contributed by atoms with Crippen LogP contribution in [0, 0.1) is 12.8 Å². The smallest absolute Gasteiger partial charge is 0.379 e. The molecule has 26 heavy (non-hydrogen) atoms. The van der Waals surface area contributed by atoms with E-state index in [9.17, 15) is 18.0 Å². The summed E-state index contributed by atoms with van der Waals surface area (Å²) in [6.07, 6.45) is 1.80. The van der Waals surface area contributed by atoms with Crippen molar-refractivity contribution in [3.8, 4) is 0 Å². The molecule has 2 aromatic rings. The zero-order valence-electron chi connectivity index (χ0n) is 14.0. The molecular weight excluding hydrogens is 369 g/mol. The van der Waals surface area contributed by atoms with Crippen LogP contribution in [0.5, 0.6) is 0 Å². The highest BCUT2D eigenvalue weighted by Crippen LogP contribution is 2.33. The zero-order chi connectivity index (χ0) is 19.2. The number of rotatable bonds is 4. The molecule has 0 aliphatic heterocycles. The average Bonchev–Trinajstić information content (AvgIpc) is 2.88. The summed E-state index contributed by atoms with van der Waals surface area (Å²) in [5.41, 5.74) is 0.777. The number of allylic oxidation sites excluding steroid dienone is 4. The number of carboxylic acids is 1. The number of benzene rings is 1. The van der Waals surface area contributed by atoms with Crippen LogP contribution in [0.3, 0.4) is 0 Å². The summed E-state index contributed by atoms with van der Waals surface area (Å²) in [5, 5.41) is 14.0. The first-order valence-corrected chi connectivity index (χ1v) is 8.30. The van der Waals surface area contributed by atoms with Crippen molar-refractivity contribution >= 4 is 28.5 Å². The summed E-state index contributed by atoms with van der Waals surface area (Å²) >= 11 is 6.18. The van der Waals surface area contributed by atoms with E-state index in [-0.39, 0.29) is 12.5 Å². The van der Waals surface area contributed by atoms with Gasteiger partial charge in [0.2, 0.25) is 0 Å². The number of carbonyl (C=O) groups is 1. The molecule has 0 bridgehead atoms. The van der Waals surface area contributed by atoms with Crippen molar-refractivity contribution in [2.75, 3.05) is 0 Å². The van der Waals surface area contributed by atoms with Gasteiger partial charge in [-0.25, -0.2) is 9.18 Å². The van der Waals surface area contributed by atoms with Crippen LogP contribution >= 0.6 is 11.6 Å². The number of hydrogen-bond acceptors (Lipinski definition) is 2. The third kappa shape index (κ3) is 3.11. The lowest BCUT2D eigenvalue weighted by atomic mass is 9.96. The minimum atomic E-state index is -4.02. The molecule has 1 aliphatic rings. The Morgan fingerprint density at radius 2 is 2.08 bits per heavy atom. The summed E-state index contributed by atoms with van der Waals surface area (Å²) in [6, 6.07) is 3.58. The zero-order valence-corrected chi connectivity index (χ0v) is 14.8. The van der Waals surface area contributed by atoms with E-state index in [1.165, 1.54) is 16.8 Å². The normalized spacial score (nSPS) is 20.8. The first-order valence-electron chi connectivity index (χ1n) is 7.92. The quantitative estimate of drug-likeness (QED) is 0.840. The molecular formula is C18H16ClF3N2O2. The van der Waals surface area contributed by atoms with Crippen molar-refractivity contribution in [3.63, 3.8) is 0 Å². The van der Waals surface area contributed by atoms with Gasteiger partial charge in [0.15, 0.2) is 0 Å². The number of aliphatic carboxylic acids is 1. The number of alkyl halides is 3. The predicted molar refractivity (Wildman–Crippen MR) is 92.1 cm³/mol. The fourth-order valence-corrected chi connectivity index (χ4v) is 3.24. The molecule has 0 saturated heterocycles. The first-order chi connectivity index (χ1) is 12.1. The molecule has 8 heteroatoms. The monoisotopic (exact) mass is 384 g/mol. The van der Waals surface area contributed by atoms with E-state index in [0.717, 1.165) is 12.1 Å². The number of carboxylic acid groups (broad SMARTS) is 1. The maximum atomic E-state index is 14.0. The van der Waals surface area contributed by atoms with Crippen LogP contribution in [0.15, 0.2) is 41.0 Å². The largest absolute Gasteiger partial charge is 0.477 e. The number of nitrogens with zero attached hydrogens (tertiary/aromatic N) is 2. The molecule has 1 aromatic carbocycles. The molecule has 4 nitrogen and oxygen atoms in total. The second-order valence-electron chi connectivity index (χ2n) is 6.36. The van der Waals surface area contributed by atoms with Crippen LogP contribution in [-0.2, 0) is 17.3 Å². The Hall–Kier alpha value is -2.28. The highest BCUT2D eigenvalue weighted by atomic mass is 35.5. The predicted octanol–water partition coefficient (Wildman–Crippen LogP) is 4.56. The topological polar surface area (TPSA) is 55.1 Å². The highest BCUT2D eigenvalue weighted by molar-refractivity contribution is 6.32. The van der Waals surface area contributed by atoms with Crippen LogP contribution in [0.4, 0.5) is 13.2 Å². The molecule has 3 rings (SSSR count). The van der Waals surface area contributed by atoms with Crippen LogP contribution < -0.4 is 0 Å². The Bertz CT molecular complexity index is 949. The van der Waals surface area contributed by atoms with E-state index in [2.05, 4.69) is 5.10 Å². The molecule has 2 atom stereocenters. The summed E-state index contributed by atoms with van der Waals surface area (Å²) < 4.78 is 43.1. The van der Waals surface area contributed by atoms with Gasteiger partial charge in [-0.3, -0.25) is 4.68 Å². The molecule has 0 amide bonds. The van der Waals surface area contributed by atoms with E-state index in [1.54, 1.807) is 19.9 Å². The lowest BCUT2D eigenvalue weighted by Crippen LogP contribution is -2.25. The number of hydrogen-bond donors (Lipinski definition) is 1. The SMILES string of the molecule is Cc1nn(CC2=CC(F)C(C)C=C2Cl)c2cc(C(F)(F)C(=O)O)ccc12. The third-order valence-corrected chi connectivity index (χ3v) is 4.83. The van der Waals surface area contributed by atoms with Gasteiger partial charge in [0, 0.05) is 21.9 Å². The molecule has 0 radical (unpaired) electrons. The lowest BCUT2D eigenvalue weighted by Gasteiger charge is -2.19. The highest BCUT2D eigenvalue weighted by Gasteiger charge is 2.41. The van der Waals surface area contributed by atoms with Gasteiger partial charge in [-0.2, -0.15) is 13.9 Å². The molecule has 1 heterocycles. The van der Waals surface area contributed by atoms with E-state index >= 15 is 0 Å². The molecule has 0 spiro atoms. The molecule has 1 N–H and O–H groups in total. The van der Waals surface area contributed by atoms with Gasteiger partial charge in [-0.05, 0) is 24.6 Å². The molecule has 2 unspecified atom stereocenters. The minimum Gasteiger partial charge on any atom is -0.477 e. The number of aromatic nitrogens is 2. The van der Waals surface area contributed by atoms with Gasteiger partial charge in [-0.15, -0.1) is 0 Å². The van der Waals surface area contributed by atoms with Crippen LogP contribution in [0.1, 0.15) is 18.2 Å². The van der Waals surface area contributed by atoms with E-state index in [0.29, 0.717) is 27.2 Å². The Labute approximate surface area is 152 Å². The van der Waals surface area contributed by atoms with Crippen molar-refractivity contribution < 1.29 is 23.1 Å². The molecule has 138 valence electrons. The molecule has 0 saturated carbocycles. The summed E-state index contributed by atoms with van der Waals surface area (Å²) in [7, 11) is 0. The second-order valence-corrected chi connectivity index (χ2v) is 6.77.